The zero-order valence-electron chi connectivity index (χ0n) is 16.4. The summed E-state index contributed by atoms with van der Waals surface area (Å²) in [4.78, 5) is 31.6. The molecule has 144 valence electrons. The second-order valence-electron chi connectivity index (χ2n) is 6.63. The van der Waals surface area contributed by atoms with E-state index in [0.29, 0.717) is 11.3 Å². The minimum absolute atomic E-state index is 0.0550. The molecule has 0 saturated heterocycles. The predicted octanol–water partition coefficient (Wildman–Crippen LogP) is 3.32. The topological polar surface area (TPSA) is 74.3 Å². The van der Waals surface area contributed by atoms with Crippen LogP contribution in [0.3, 0.4) is 0 Å². The summed E-state index contributed by atoms with van der Waals surface area (Å²) in [7, 11) is 0. The molecule has 1 atom stereocenters. The first-order valence-electron chi connectivity index (χ1n) is 9.34. The number of nitrogens with one attached hydrogen (secondary N) is 2. The van der Waals surface area contributed by atoms with Crippen molar-refractivity contribution < 1.29 is 9.59 Å². The van der Waals surface area contributed by atoms with Gasteiger partial charge in [0.1, 0.15) is 11.9 Å². The van der Waals surface area contributed by atoms with Crippen molar-refractivity contribution in [2.75, 3.05) is 23.3 Å². The lowest BCUT2D eigenvalue weighted by Crippen LogP contribution is -2.47. The van der Waals surface area contributed by atoms with Gasteiger partial charge >= 0.3 is 0 Å². The van der Waals surface area contributed by atoms with Crippen LogP contribution < -0.4 is 15.5 Å². The average Bonchev–Trinajstić information content (AvgIpc) is 2.68. The lowest BCUT2D eigenvalue weighted by Gasteiger charge is -2.22. The number of nitrogens with zero attached hydrogens (tertiary/aromatic N) is 2. The van der Waals surface area contributed by atoms with Crippen LogP contribution in [0.25, 0.3) is 0 Å². The fraction of sp³-hybridized carbons (Fsp3) is 0.381. The lowest BCUT2D eigenvalue weighted by atomic mass is 10.0. The summed E-state index contributed by atoms with van der Waals surface area (Å²) in [5.74, 6) is 0.294. The predicted molar refractivity (Wildman–Crippen MR) is 109 cm³/mol. The number of anilines is 2. The molecule has 0 fully saturated rings. The van der Waals surface area contributed by atoms with Crippen LogP contribution in [0, 0.1) is 5.92 Å². The summed E-state index contributed by atoms with van der Waals surface area (Å²) in [6, 6.07) is 12.0. The van der Waals surface area contributed by atoms with Crippen LogP contribution in [-0.4, -0.2) is 35.9 Å². The Morgan fingerprint density at radius 3 is 2.22 bits per heavy atom. The van der Waals surface area contributed by atoms with Gasteiger partial charge in [-0.2, -0.15) is 0 Å². The molecular formula is C21H28N4O2. The van der Waals surface area contributed by atoms with Crippen LogP contribution in [0.15, 0.2) is 48.7 Å². The molecule has 1 aromatic heterocycles. The van der Waals surface area contributed by atoms with Crippen LogP contribution in [0.5, 0.6) is 0 Å². The van der Waals surface area contributed by atoms with Gasteiger partial charge < -0.3 is 15.5 Å². The van der Waals surface area contributed by atoms with Crippen molar-refractivity contribution >= 4 is 23.3 Å². The zero-order chi connectivity index (χ0) is 19.8. The molecule has 2 aromatic rings. The Kier molecular flexibility index (Phi) is 7.34. The maximum atomic E-state index is 12.7. The van der Waals surface area contributed by atoms with Gasteiger partial charge in [-0.3, -0.25) is 9.59 Å². The summed E-state index contributed by atoms with van der Waals surface area (Å²) in [6.45, 7) is 9.69. The Morgan fingerprint density at radius 2 is 1.70 bits per heavy atom. The van der Waals surface area contributed by atoms with E-state index >= 15 is 0 Å². The molecular weight excluding hydrogens is 340 g/mol. The molecule has 0 spiro atoms. The largest absolute Gasteiger partial charge is 0.357 e. The molecule has 0 aliphatic carbocycles. The first-order valence-corrected chi connectivity index (χ1v) is 9.34. The Labute approximate surface area is 161 Å². The fourth-order valence-corrected chi connectivity index (χ4v) is 2.76. The van der Waals surface area contributed by atoms with Gasteiger partial charge in [0.2, 0.25) is 5.91 Å². The summed E-state index contributed by atoms with van der Waals surface area (Å²) in [5.41, 5.74) is 1.14. The van der Waals surface area contributed by atoms with Crippen LogP contribution in [0.1, 0.15) is 38.1 Å². The van der Waals surface area contributed by atoms with Crippen molar-refractivity contribution in [1.82, 2.24) is 10.3 Å². The normalized spacial score (nSPS) is 11.7. The van der Waals surface area contributed by atoms with E-state index in [1.54, 1.807) is 30.5 Å². The van der Waals surface area contributed by atoms with E-state index in [4.69, 9.17) is 0 Å². The van der Waals surface area contributed by atoms with Crippen LogP contribution in [0.4, 0.5) is 11.5 Å². The molecule has 6 nitrogen and oxygen atoms in total. The first kappa shape index (κ1) is 20.4. The molecule has 0 aliphatic rings. The summed E-state index contributed by atoms with van der Waals surface area (Å²) in [6.07, 6.45) is 1.64. The second kappa shape index (κ2) is 9.71. The quantitative estimate of drug-likeness (QED) is 0.750. The number of benzene rings is 1. The number of pyridine rings is 1. The third kappa shape index (κ3) is 5.54. The molecule has 1 heterocycles. The number of rotatable bonds is 8. The highest BCUT2D eigenvalue weighted by Gasteiger charge is 2.24. The minimum Gasteiger partial charge on any atom is -0.357 e. The Balaban J connectivity index is 2.05. The van der Waals surface area contributed by atoms with E-state index in [9.17, 15) is 9.59 Å². The van der Waals surface area contributed by atoms with Crippen molar-refractivity contribution in [2.45, 2.75) is 33.7 Å². The van der Waals surface area contributed by atoms with Crippen molar-refractivity contribution in [1.29, 1.82) is 0 Å². The molecule has 2 rings (SSSR count). The van der Waals surface area contributed by atoms with Gasteiger partial charge in [0, 0.05) is 18.7 Å². The second-order valence-corrected chi connectivity index (χ2v) is 6.63. The summed E-state index contributed by atoms with van der Waals surface area (Å²) < 4.78 is 0. The lowest BCUT2D eigenvalue weighted by molar-refractivity contribution is -0.118. The number of hydrogen-bond acceptors (Lipinski definition) is 4. The standard InChI is InChI=1S/C21H28N4O2/c1-5-25(6-2)18-13-12-17(14-22-18)23-21(27)19(15(3)4)24-20(26)16-10-8-7-9-11-16/h7-15,19H,5-6H2,1-4H3,(H,23,27)(H,24,26). The molecule has 27 heavy (non-hydrogen) atoms. The SMILES string of the molecule is CCN(CC)c1ccc(NC(=O)C(NC(=O)c2ccccc2)C(C)C)cn1. The van der Waals surface area contributed by atoms with Crippen molar-refractivity contribution in [2.24, 2.45) is 5.92 Å². The van der Waals surface area contributed by atoms with Crippen LogP contribution in [0.2, 0.25) is 0 Å². The zero-order valence-corrected chi connectivity index (χ0v) is 16.4. The highest BCUT2D eigenvalue weighted by Crippen LogP contribution is 2.15. The molecule has 0 aliphatic heterocycles. The first-order chi connectivity index (χ1) is 13.0. The number of hydrogen-bond donors (Lipinski definition) is 2. The van der Waals surface area contributed by atoms with Crippen molar-refractivity contribution in [3.63, 3.8) is 0 Å². The van der Waals surface area contributed by atoms with Gasteiger partial charge in [-0.05, 0) is 44.0 Å². The fourth-order valence-electron chi connectivity index (χ4n) is 2.76. The molecule has 0 radical (unpaired) electrons. The number of amides is 2. The maximum Gasteiger partial charge on any atom is 0.251 e. The molecule has 2 amide bonds. The molecule has 1 aromatic carbocycles. The monoisotopic (exact) mass is 368 g/mol. The number of carbonyl (C=O) groups excluding carboxylic acids is 2. The third-order valence-electron chi connectivity index (χ3n) is 4.37. The van der Waals surface area contributed by atoms with E-state index < -0.39 is 6.04 Å². The van der Waals surface area contributed by atoms with E-state index in [0.717, 1.165) is 18.9 Å². The average molecular weight is 368 g/mol. The minimum atomic E-state index is -0.639. The van der Waals surface area contributed by atoms with Gasteiger partial charge in [-0.15, -0.1) is 0 Å². The Morgan fingerprint density at radius 1 is 1.04 bits per heavy atom. The summed E-state index contributed by atoms with van der Waals surface area (Å²) in [5, 5.41) is 5.67. The van der Waals surface area contributed by atoms with E-state index in [2.05, 4.69) is 34.4 Å². The Bertz CT molecular complexity index is 741. The van der Waals surface area contributed by atoms with Gasteiger partial charge in [0.15, 0.2) is 0 Å². The maximum absolute atomic E-state index is 12.7. The van der Waals surface area contributed by atoms with Crippen LogP contribution >= 0.6 is 0 Å². The third-order valence-corrected chi connectivity index (χ3v) is 4.37. The molecule has 6 heteroatoms. The number of carbonyl (C=O) groups is 2. The Hall–Kier alpha value is -2.89. The molecule has 2 N–H and O–H groups in total. The molecule has 0 saturated carbocycles. The van der Waals surface area contributed by atoms with Gasteiger partial charge in [-0.1, -0.05) is 32.0 Å². The van der Waals surface area contributed by atoms with Crippen molar-refractivity contribution in [3.05, 3.63) is 54.2 Å². The van der Waals surface area contributed by atoms with Gasteiger partial charge in [-0.25, -0.2) is 4.98 Å². The smallest absolute Gasteiger partial charge is 0.251 e. The summed E-state index contributed by atoms with van der Waals surface area (Å²) >= 11 is 0. The van der Waals surface area contributed by atoms with E-state index in [1.165, 1.54) is 0 Å². The van der Waals surface area contributed by atoms with Crippen LogP contribution in [-0.2, 0) is 4.79 Å². The van der Waals surface area contributed by atoms with E-state index in [1.807, 2.05) is 32.0 Å². The van der Waals surface area contributed by atoms with Gasteiger partial charge in [0.05, 0.1) is 11.9 Å². The van der Waals surface area contributed by atoms with Crippen molar-refractivity contribution in [3.8, 4) is 0 Å². The van der Waals surface area contributed by atoms with E-state index in [-0.39, 0.29) is 17.7 Å². The number of aromatic nitrogens is 1. The highest BCUT2D eigenvalue weighted by atomic mass is 16.2. The highest BCUT2D eigenvalue weighted by molar-refractivity contribution is 6.01. The molecule has 0 bridgehead atoms. The molecule has 1 unspecified atom stereocenters. The van der Waals surface area contributed by atoms with Gasteiger partial charge in [0.25, 0.3) is 5.91 Å².